The second kappa shape index (κ2) is 12.3. The van der Waals surface area contributed by atoms with E-state index in [1.54, 1.807) is 20.8 Å². The van der Waals surface area contributed by atoms with Gasteiger partial charge in [0.05, 0.1) is 27.3 Å². The molecule has 0 spiro atoms. The van der Waals surface area contributed by atoms with E-state index >= 15 is 0 Å². The number of nitrogens with one attached hydrogen (secondary N) is 1. The van der Waals surface area contributed by atoms with Crippen LogP contribution >= 0.6 is 23.2 Å². The first-order chi connectivity index (χ1) is 18.8. The van der Waals surface area contributed by atoms with E-state index in [9.17, 15) is 31.2 Å². The molecule has 220 valence electrons. The lowest BCUT2D eigenvalue weighted by Crippen LogP contribution is -2.28. The molecule has 0 saturated heterocycles. The maximum atomic E-state index is 13.4. The van der Waals surface area contributed by atoms with Gasteiger partial charge in [0.1, 0.15) is 11.4 Å². The standard InChI is InChI=1S/C28H26Cl2F3NO6S/c1-27(2,3)40-24(35)15-20(16-9-11-18(12-10-16)41(4,37)38)26(36)34-17-13-21(29)25(22(30)14-17)19-7-5-6-8-23(19)39-28(31,32)33/h5-14,20H,15H2,1-4H3,(H,34,36). The van der Waals surface area contributed by atoms with Crippen LogP contribution in [0, 0.1) is 0 Å². The molecule has 41 heavy (non-hydrogen) atoms. The fourth-order valence-electron chi connectivity index (χ4n) is 3.88. The number of amides is 1. The lowest BCUT2D eigenvalue weighted by molar-refractivity contribution is -0.274. The molecule has 0 heterocycles. The summed E-state index contributed by atoms with van der Waals surface area (Å²) in [4.78, 5) is 26.1. The molecule has 0 aromatic heterocycles. The molecule has 0 fully saturated rings. The van der Waals surface area contributed by atoms with Gasteiger partial charge in [0.15, 0.2) is 9.84 Å². The van der Waals surface area contributed by atoms with Gasteiger partial charge in [-0.2, -0.15) is 0 Å². The zero-order valence-electron chi connectivity index (χ0n) is 22.3. The summed E-state index contributed by atoms with van der Waals surface area (Å²) in [7, 11) is -3.50. The van der Waals surface area contributed by atoms with Crippen LogP contribution in [-0.4, -0.2) is 38.5 Å². The van der Waals surface area contributed by atoms with Gasteiger partial charge in [-0.05, 0) is 56.7 Å². The number of para-hydroxylation sites is 1. The van der Waals surface area contributed by atoms with Crippen molar-refractivity contribution < 1.29 is 40.7 Å². The SMILES string of the molecule is CC(C)(C)OC(=O)CC(C(=O)Nc1cc(Cl)c(-c2ccccc2OC(F)(F)F)c(Cl)c1)c1ccc(S(C)(=O)=O)cc1. The number of ether oxygens (including phenoxy) is 2. The Morgan fingerprint density at radius 3 is 2.02 bits per heavy atom. The normalized spacial score (nSPS) is 12.9. The second-order valence-electron chi connectivity index (χ2n) is 10.0. The highest BCUT2D eigenvalue weighted by Crippen LogP contribution is 2.43. The van der Waals surface area contributed by atoms with E-state index < -0.39 is 45.3 Å². The Morgan fingerprint density at radius 2 is 1.51 bits per heavy atom. The number of benzene rings is 3. The van der Waals surface area contributed by atoms with Gasteiger partial charge in [-0.15, -0.1) is 13.2 Å². The summed E-state index contributed by atoms with van der Waals surface area (Å²) >= 11 is 12.8. The zero-order chi connectivity index (χ0) is 30.8. The van der Waals surface area contributed by atoms with Crippen LogP contribution in [-0.2, 0) is 24.2 Å². The first-order valence-electron chi connectivity index (χ1n) is 12.0. The minimum Gasteiger partial charge on any atom is -0.460 e. The van der Waals surface area contributed by atoms with Gasteiger partial charge in [-0.3, -0.25) is 9.59 Å². The third kappa shape index (κ3) is 9.11. The molecule has 1 unspecified atom stereocenters. The zero-order valence-corrected chi connectivity index (χ0v) is 24.6. The van der Waals surface area contributed by atoms with E-state index in [1.165, 1.54) is 54.6 Å². The van der Waals surface area contributed by atoms with Crippen LogP contribution in [0.5, 0.6) is 5.75 Å². The van der Waals surface area contributed by atoms with Crippen molar-refractivity contribution in [3.8, 4) is 16.9 Å². The quantitative estimate of drug-likeness (QED) is 0.260. The van der Waals surface area contributed by atoms with Crippen molar-refractivity contribution >= 4 is 50.6 Å². The van der Waals surface area contributed by atoms with Gasteiger partial charge < -0.3 is 14.8 Å². The maximum absolute atomic E-state index is 13.4. The topological polar surface area (TPSA) is 98.8 Å². The van der Waals surface area contributed by atoms with E-state index in [0.29, 0.717) is 5.56 Å². The first-order valence-corrected chi connectivity index (χ1v) is 14.7. The summed E-state index contributed by atoms with van der Waals surface area (Å²) in [5.74, 6) is -2.95. The number of sulfone groups is 1. The number of hydrogen-bond acceptors (Lipinski definition) is 6. The highest BCUT2D eigenvalue weighted by molar-refractivity contribution is 7.90. The van der Waals surface area contributed by atoms with Crippen molar-refractivity contribution in [2.24, 2.45) is 0 Å². The number of carbonyl (C=O) groups excluding carboxylic acids is 2. The van der Waals surface area contributed by atoms with Crippen molar-refractivity contribution in [1.29, 1.82) is 0 Å². The molecule has 3 rings (SSSR count). The van der Waals surface area contributed by atoms with Crippen molar-refractivity contribution in [2.75, 3.05) is 11.6 Å². The predicted octanol–water partition coefficient (Wildman–Crippen LogP) is 7.42. The molecule has 7 nitrogen and oxygen atoms in total. The molecule has 0 saturated carbocycles. The summed E-state index contributed by atoms with van der Waals surface area (Å²) in [5.41, 5.74) is -0.349. The van der Waals surface area contributed by atoms with Crippen molar-refractivity contribution in [2.45, 2.75) is 50.0 Å². The smallest absolute Gasteiger partial charge is 0.460 e. The second-order valence-corrected chi connectivity index (χ2v) is 12.9. The third-order valence-corrected chi connectivity index (χ3v) is 7.23. The Labute approximate surface area is 245 Å². The average Bonchev–Trinajstić information content (AvgIpc) is 2.80. The van der Waals surface area contributed by atoms with Crippen LogP contribution in [0.25, 0.3) is 11.1 Å². The molecule has 1 N–H and O–H groups in total. The van der Waals surface area contributed by atoms with Crippen molar-refractivity contribution in [1.82, 2.24) is 0 Å². The summed E-state index contributed by atoms with van der Waals surface area (Å²) in [6.45, 7) is 5.01. The number of alkyl halides is 3. The van der Waals surface area contributed by atoms with Crippen LogP contribution < -0.4 is 10.1 Å². The van der Waals surface area contributed by atoms with Gasteiger partial charge in [0.25, 0.3) is 0 Å². The van der Waals surface area contributed by atoms with Gasteiger partial charge >= 0.3 is 12.3 Å². The highest BCUT2D eigenvalue weighted by Gasteiger charge is 2.33. The number of esters is 1. The van der Waals surface area contributed by atoms with Gasteiger partial charge in [-0.25, -0.2) is 8.42 Å². The Hall–Kier alpha value is -3.28. The minimum atomic E-state index is -4.95. The number of halogens is 5. The number of hydrogen-bond donors (Lipinski definition) is 1. The van der Waals surface area contributed by atoms with Crippen LogP contribution in [0.4, 0.5) is 18.9 Å². The predicted molar refractivity (Wildman–Crippen MR) is 150 cm³/mol. The van der Waals surface area contributed by atoms with Crippen LogP contribution in [0.15, 0.2) is 65.6 Å². The summed E-state index contributed by atoms with van der Waals surface area (Å²) in [6.07, 6.45) is -4.29. The average molecular weight is 632 g/mol. The van der Waals surface area contributed by atoms with Crippen LogP contribution in [0.2, 0.25) is 10.0 Å². The van der Waals surface area contributed by atoms with Crippen LogP contribution in [0.1, 0.15) is 38.7 Å². The fraction of sp³-hybridized carbons (Fsp3) is 0.286. The number of rotatable bonds is 8. The summed E-state index contributed by atoms with van der Waals surface area (Å²) in [5, 5.41) is 2.47. The van der Waals surface area contributed by atoms with Crippen molar-refractivity contribution in [3.63, 3.8) is 0 Å². The van der Waals surface area contributed by atoms with E-state index in [4.69, 9.17) is 27.9 Å². The monoisotopic (exact) mass is 631 g/mol. The highest BCUT2D eigenvalue weighted by atomic mass is 35.5. The Kier molecular flexibility index (Phi) is 9.67. The first kappa shape index (κ1) is 32.2. The molecule has 1 atom stereocenters. The third-order valence-electron chi connectivity index (χ3n) is 5.51. The molecular formula is C28H26Cl2F3NO6S. The van der Waals surface area contributed by atoms with E-state index in [1.807, 2.05) is 0 Å². The molecule has 0 aliphatic heterocycles. The van der Waals surface area contributed by atoms with Crippen LogP contribution in [0.3, 0.4) is 0 Å². The molecule has 0 radical (unpaired) electrons. The molecule has 13 heteroatoms. The summed E-state index contributed by atoms with van der Waals surface area (Å²) in [6, 6.07) is 13.4. The maximum Gasteiger partial charge on any atom is 0.573 e. The summed E-state index contributed by atoms with van der Waals surface area (Å²) < 4.78 is 72.0. The molecule has 3 aromatic carbocycles. The molecule has 1 amide bonds. The Balaban J connectivity index is 1.95. The molecule has 0 bridgehead atoms. The van der Waals surface area contributed by atoms with E-state index in [2.05, 4.69) is 10.1 Å². The number of anilines is 1. The van der Waals surface area contributed by atoms with Gasteiger partial charge in [-0.1, -0.05) is 53.5 Å². The van der Waals surface area contributed by atoms with Gasteiger partial charge in [0, 0.05) is 23.1 Å². The van der Waals surface area contributed by atoms with Gasteiger partial charge in [0.2, 0.25) is 5.91 Å². The van der Waals surface area contributed by atoms with E-state index in [0.717, 1.165) is 12.3 Å². The fourth-order valence-corrected chi connectivity index (χ4v) is 5.20. The lowest BCUT2D eigenvalue weighted by Gasteiger charge is -2.22. The largest absolute Gasteiger partial charge is 0.573 e. The minimum absolute atomic E-state index is 0.0218. The molecule has 3 aromatic rings. The lowest BCUT2D eigenvalue weighted by atomic mass is 9.94. The number of carbonyl (C=O) groups is 2. The molecule has 0 aliphatic carbocycles. The molecule has 0 aliphatic rings. The van der Waals surface area contributed by atoms with Crippen molar-refractivity contribution in [3.05, 3.63) is 76.3 Å². The molecular weight excluding hydrogens is 606 g/mol. The Bertz CT molecular complexity index is 1530. The Morgan fingerprint density at radius 1 is 0.951 bits per heavy atom. The van der Waals surface area contributed by atoms with E-state index in [-0.39, 0.29) is 38.2 Å².